The number of anilines is 2. The average Bonchev–Trinajstić information content (AvgIpc) is 2.81. The number of nitrogens with one attached hydrogen (secondary N) is 1. The third kappa shape index (κ3) is 3.20. The highest BCUT2D eigenvalue weighted by Gasteiger charge is 2.21. The molecule has 0 radical (unpaired) electrons. The van der Waals surface area contributed by atoms with Gasteiger partial charge in [-0.1, -0.05) is 0 Å². The Labute approximate surface area is 111 Å². The van der Waals surface area contributed by atoms with Crippen LogP contribution in [-0.2, 0) is 0 Å². The molecule has 2 N–H and O–H groups in total. The fourth-order valence-corrected chi connectivity index (χ4v) is 1.95. The molecule has 1 aromatic heterocycles. The molecular weight excluding hydrogens is 254 g/mol. The first kappa shape index (κ1) is 13.3. The first-order valence-electron chi connectivity index (χ1n) is 6.06. The van der Waals surface area contributed by atoms with E-state index in [1.165, 1.54) is 0 Å². The van der Waals surface area contributed by atoms with E-state index in [0.29, 0.717) is 11.9 Å². The fraction of sp³-hybridized carbons (Fsp3) is 0.727. The fourth-order valence-electron chi connectivity index (χ4n) is 1.80. The van der Waals surface area contributed by atoms with Crippen LogP contribution >= 0.6 is 11.6 Å². The van der Waals surface area contributed by atoms with Gasteiger partial charge in [0.2, 0.25) is 17.2 Å². The second-order valence-corrected chi connectivity index (χ2v) is 5.43. The van der Waals surface area contributed by atoms with E-state index in [9.17, 15) is 5.11 Å². The summed E-state index contributed by atoms with van der Waals surface area (Å²) in [5, 5.41) is 12.4. The zero-order chi connectivity index (χ0) is 13.2. The third-order valence-electron chi connectivity index (χ3n) is 2.83. The second kappa shape index (κ2) is 5.24. The number of hydrogen-bond acceptors (Lipinski definition) is 6. The summed E-state index contributed by atoms with van der Waals surface area (Å²) in [4.78, 5) is 14.6. The van der Waals surface area contributed by atoms with Crippen LogP contribution in [0, 0.1) is 0 Å². The number of nitrogens with zero attached hydrogens (tertiary/aromatic N) is 4. The molecule has 0 aliphatic carbocycles. The van der Waals surface area contributed by atoms with E-state index in [1.807, 2.05) is 13.8 Å². The summed E-state index contributed by atoms with van der Waals surface area (Å²) >= 11 is 5.91. The van der Waals surface area contributed by atoms with Crippen molar-refractivity contribution in [3.8, 4) is 0 Å². The smallest absolute Gasteiger partial charge is 0.231 e. The maximum Gasteiger partial charge on any atom is 0.231 e. The molecule has 2 heterocycles. The lowest BCUT2D eigenvalue weighted by Crippen LogP contribution is -2.36. The third-order valence-corrected chi connectivity index (χ3v) is 3.00. The highest BCUT2D eigenvalue weighted by molar-refractivity contribution is 6.28. The maximum absolute atomic E-state index is 9.23. The number of aliphatic hydroxyl groups excluding tert-OH is 1. The van der Waals surface area contributed by atoms with Crippen molar-refractivity contribution < 1.29 is 5.11 Å². The SMILES string of the molecule is CC(C)(CO)Nc1nc(Cl)nc(N2CCCC2)n1. The van der Waals surface area contributed by atoms with E-state index < -0.39 is 5.54 Å². The zero-order valence-electron chi connectivity index (χ0n) is 10.6. The van der Waals surface area contributed by atoms with Crippen molar-refractivity contribution in [2.45, 2.75) is 32.2 Å². The van der Waals surface area contributed by atoms with Crippen LogP contribution < -0.4 is 10.2 Å². The Morgan fingerprint density at radius 2 is 1.94 bits per heavy atom. The van der Waals surface area contributed by atoms with Crippen LogP contribution in [-0.4, -0.2) is 45.3 Å². The van der Waals surface area contributed by atoms with Gasteiger partial charge in [0.25, 0.3) is 0 Å². The Morgan fingerprint density at radius 3 is 2.56 bits per heavy atom. The van der Waals surface area contributed by atoms with Gasteiger partial charge in [-0.05, 0) is 38.3 Å². The first-order valence-corrected chi connectivity index (χ1v) is 6.43. The van der Waals surface area contributed by atoms with Gasteiger partial charge in [-0.2, -0.15) is 15.0 Å². The molecule has 0 aromatic carbocycles. The summed E-state index contributed by atoms with van der Waals surface area (Å²) in [6.07, 6.45) is 2.29. The van der Waals surface area contributed by atoms with Gasteiger partial charge < -0.3 is 15.3 Å². The monoisotopic (exact) mass is 271 g/mol. The van der Waals surface area contributed by atoms with Gasteiger partial charge in [-0.25, -0.2) is 0 Å². The number of hydrogen-bond donors (Lipinski definition) is 2. The molecule has 1 saturated heterocycles. The van der Waals surface area contributed by atoms with Gasteiger partial charge in [0, 0.05) is 13.1 Å². The van der Waals surface area contributed by atoms with E-state index in [2.05, 4.69) is 25.2 Å². The molecule has 0 saturated carbocycles. The summed E-state index contributed by atoms with van der Waals surface area (Å²) in [6.45, 7) is 5.60. The van der Waals surface area contributed by atoms with Gasteiger partial charge in [-0.3, -0.25) is 0 Å². The Balaban J connectivity index is 2.20. The quantitative estimate of drug-likeness (QED) is 0.860. The summed E-state index contributed by atoms with van der Waals surface area (Å²) in [5.74, 6) is 1.000. The second-order valence-electron chi connectivity index (χ2n) is 5.09. The number of rotatable bonds is 4. The van der Waals surface area contributed by atoms with Crippen molar-refractivity contribution in [1.82, 2.24) is 15.0 Å². The normalized spacial score (nSPS) is 16.1. The highest BCUT2D eigenvalue weighted by atomic mass is 35.5. The van der Waals surface area contributed by atoms with Crippen LogP contribution in [0.2, 0.25) is 5.28 Å². The van der Waals surface area contributed by atoms with Crippen LogP contribution in [0.25, 0.3) is 0 Å². The van der Waals surface area contributed by atoms with Crippen molar-refractivity contribution in [3.63, 3.8) is 0 Å². The molecule has 0 bridgehead atoms. The molecule has 1 fully saturated rings. The van der Waals surface area contributed by atoms with Crippen molar-refractivity contribution >= 4 is 23.5 Å². The lowest BCUT2D eigenvalue weighted by atomic mass is 10.1. The van der Waals surface area contributed by atoms with Gasteiger partial charge in [0.1, 0.15) is 0 Å². The van der Waals surface area contributed by atoms with Crippen LogP contribution in [0.5, 0.6) is 0 Å². The summed E-state index contributed by atoms with van der Waals surface area (Å²) in [7, 11) is 0. The van der Waals surface area contributed by atoms with Crippen molar-refractivity contribution in [3.05, 3.63) is 5.28 Å². The molecule has 0 atom stereocenters. The van der Waals surface area contributed by atoms with Crippen molar-refractivity contribution in [2.75, 3.05) is 29.9 Å². The molecule has 0 amide bonds. The topological polar surface area (TPSA) is 74.2 Å². The van der Waals surface area contributed by atoms with Gasteiger partial charge >= 0.3 is 0 Å². The predicted octanol–water partition coefficient (Wildman–Crippen LogP) is 1.31. The standard InChI is InChI=1S/C11H18ClN5O/c1-11(2,7-18)16-9-13-8(12)14-10(15-9)17-5-3-4-6-17/h18H,3-7H2,1-2H3,(H,13,14,15,16). The van der Waals surface area contributed by atoms with Gasteiger partial charge in [-0.15, -0.1) is 0 Å². The van der Waals surface area contributed by atoms with E-state index in [1.54, 1.807) is 0 Å². The minimum atomic E-state index is -0.493. The van der Waals surface area contributed by atoms with Crippen LogP contribution in [0.15, 0.2) is 0 Å². The number of aliphatic hydroxyl groups is 1. The Bertz CT molecular complexity index is 420. The lowest BCUT2D eigenvalue weighted by molar-refractivity contribution is 0.233. The molecule has 100 valence electrons. The summed E-state index contributed by atoms with van der Waals surface area (Å²) in [5.41, 5.74) is -0.493. The predicted molar refractivity (Wildman–Crippen MR) is 71.1 cm³/mol. The Morgan fingerprint density at radius 1 is 1.28 bits per heavy atom. The first-order chi connectivity index (χ1) is 8.50. The van der Waals surface area contributed by atoms with E-state index in [-0.39, 0.29) is 11.9 Å². The van der Waals surface area contributed by atoms with Crippen LogP contribution in [0.4, 0.5) is 11.9 Å². The van der Waals surface area contributed by atoms with E-state index in [4.69, 9.17) is 11.6 Å². The molecule has 6 nitrogen and oxygen atoms in total. The highest BCUT2D eigenvalue weighted by Crippen LogP contribution is 2.20. The molecular formula is C11H18ClN5O. The molecule has 1 aromatic rings. The maximum atomic E-state index is 9.23. The van der Waals surface area contributed by atoms with Gasteiger partial charge in [0.05, 0.1) is 12.1 Å². The van der Waals surface area contributed by atoms with Gasteiger partial charge in [0.15, 0.2) is 0 Å². The largest absolute Gasteiger partial charge is 0.394 e. The summed E-state index contributed by atoms with van der Waals surface area (Å²) in [6, 6.07) is 0. The lowest BCUT2D eigenvalue weighted by Gasteiger charge is -2.24. The minimum Gasteiger partial charge on any atom is -0.394 e. The zero-order valence-corrected chi connectivity index (χ0v) is 11.4. The molecule has 7 heteroatoms. The van der Waals surface area contributed by atoms with Crippen molar-refractivity contribution in [1.29, 1.82) is 0 Å². The Hall–Kier alpha value is -1.14. The molecule has 2 rings (SSSR count). The molecule has 1 aliphatic rings. The summed E-state index contributed by atoms with van der Waals surface area (Å²) < 4.78 is 0. The minimum absolute atomic E-state index is 0.0185. The van der Waals surface area contributed by atoms with E-state index in [0.717, 1.165) is 25.9 Å². The van der Waals surface area contributed by atoms with Crippen LogP contribution in [0.1, 0.15) is 26.7 Å². The molecule has 0 unspecified atom stereocenters. The number of aromatic nitrogens is 3. The molecule has 0 spiro atoms. The average molecular weight is 272 g/mol. The molecule has 1 aliphatic heterocycles. The van der Waals surface area contributed by atoms with Crippen LogP contribution in [0.3, 0.4) is 0 Å². The Kier molecular flexibility index (Phi) is 3.87. The molecule has 18 heavy (non-hydrogen) atoms. The van der Waals surface area contributed by atoms with E-state index >= 15 is 0 Å². The van der Waals surface area contributed by atoms with Crippen molar-refractivity contribution in [2.24, 2.45) is 0 Å². The number of halogens is 1.